The largest absolute Gasteiger partial charge is 0.350 e. The molecule has 0 aliphatic carbocycles. The zero-order valence-corrected chi connectivity index (χ0v) is 11.9. The Morgan fingerprint density at radius 2 is 1.45 bits per heavy atom. The molecule has 0 saturated carbocycles. The molecule has 0 spiro atoms. The third-order valence-electron chi connectivity index (χ3n) is 2.95. The number of hydrogen-bond acceptors (Lipinski definition) is 3. The lowest BCUT2D eigenvalue weighted by Gasteiger charge is -2.17. The number of carbonyl (C=O) groups excluding carboxylic acids is 3. The van der Waals surface area contributed by atoms with Crippen LogP contribution in [-0.2, 0) is 14.4 Å². The number of amides is 1. The quantitative estimate of drug-likeness (QED) is 0.440. The van der Waals surface area contributed by atoms with Gasteiger partial charge in [0.2, 0.25) is 5.91 Å². The molecule has 1 N–H and O–H groups in total. The van der Waals surface area contributed by atoms with Crippen molar-refractivity contribution in [3.05, 3.63) is 38.0 Å². The van der Waals surface area contributed by atoms with Crippen LogP contribution >= 0.6 is 0 Å². The molecule has 0 aliphatic rings. The summed E-state index contributed by atoms with van der Waals surface area (Å²) in [6.07, 6.45) is 7.51. The van der Waals surface area contributed by atoms with Gasteiger partial charge in [0.05, 0.1) is 0 Å². The van der Waals surface area contributed by atoms with Crippen LogP contribution in [-0.4, -0.2) is 23.5 Å². The molecule has 0 fully saturated rings. The van der Waals surface area contributed by atoms with Gasteiger partial charge in [-0.05, 0) is 37.5 Å². The fraction of sp³-hybridized carbons (Fsp3) is 0.438. The predicted octanol–water partition coefficient (Wildman–Crippen LogP) is 2.51. The van der Waals surface area contributed by atoms with E-state index in [1.165, 1.54) is 18.2 Å². The highest BCUT2D eigenvalue weighted by molar-refractivity contribution is 5.89. The van der Waals surface area contributed by atoms with E-state index >= 15 is 0 Å². The topological polar surface area (TPSA) is 63.2 Å². The Kier molecular flexibility index (Phi) is 9.83. The van der Waals surface area contributed by atoms with E-state index in [0.29, 0.717) is 19.3 Å². The van der Waals surface area contributed by atoms with Crippen LogP contribution in [0, 0.1) is 0 Å². The molecule has 0 rings (SSSR count). The first-order valence-corrected chi connectivity index (χ1v) is 6.77. The molecule has 0 radical (unpaired) electrons. The second kappa shape index (κ2) is 10.9. The normalized spacial score (nSPS) is 11.2. The van der Waals surface area contributed by atoms with Crippen molar-refractivity contribution in [2.24, 2.45) is 0 Å². The number of carbonyl (C=O) groups is 3. The number of allylic oxidation sites excluding steroid dienone is 2. The minimum atomic E-state index is -0.247. The van der Waals surface area contributed by atoms with E-state index in [0.717, 1.165) is 19.3 Å². The lowest BCUT2D eigenvalue weighted by Crippen LogP contribution is -2.34. The molecule has 0 aromatic rings. The van der Waals surface area contributed by atoms with E-state index < -0.39 is 0 Å². The molecule has 20 heavy (non-hydrogen) atoms. The van der Waals surface area contributed by atoms with Gasteiger partial charge in [-0.1, -0.05) is 26.2 Å². The lowest BCUT2D eigenvalue weighted by atomic mass is 10.0. The molecular formula is C16H23NO3. The molecule has 4 heteroatoms. The average Bonchev–Trinajstić information content (AvgIpc) is 2.47. The first kappa shape index (κ1) is 18.0. The van der Waals surface area contributed by atoms with Gasteiger partial charge >= 0.3 is 0 Å². The van der Waals surface area contributed by atoms with E-state index in [4.69, 9.17) is 0 Å². The summed E-state index contributed by atoms with van der Waals surface area (Å²) in [6.45, 7) is 10.2. The van der Waals surface area contributed by atoms with Gasteiger partial charge in [0.25, 0.3) is 0 Å². The molecule has 0 bridgehead atoms. The number of nitrogens with one attached hydrogen (secondary N) is 1. The fourth-order valence-electron chi connectivity index (χ4n) is 1.76. The van der Waals surface area contributed by atoms with Crippen LogP contribution < -0.4 is 5.32 Å². The summed E-state index contributed by atoms with van der Waals surface area (Å²) >= 11 is 0. The van der Waals surface area contributed by atoms with E-state index in [9.17, 15) is 14.4 Å². The van der Waals surface area contributed by atoms with Gasteiger partial charge in [-0.25, -0.2) is 0 Å². The summed E-state index contributed by atoms with van der Waals surface area (Å²) in [5.41, 5.74) is 0. The highest BCUT2D eigenvalue weighted by Crippen LogP contribution is 2.10. The molecule has 4 nitrogen and oxygen atoms in total. The van der Waals surface area contributed by atoms with Crippen LogP contribution in [0.15, 0.2) is 38.0 Å². The third kappa shape index (κ3) is 9.03. The molecule has 1 amide bonds. The molecule has 0 aliphatic heterocycles. The Morgan fingerprint density at radius 1 is 0.850 bits per heavy atom. The van der Waals surface area contributed by atoms with Gasteiger partial charge in [-0.2, -0.15) is 0 Å². The second-order valence-electron chi connectivity index (χ2n) is 4.53. The number of unbranched alkanes of at least 4 members (excludes halogenated alkanes) is 1. The number of ketones is 2. The van der Waals surface area contributed by atoms with E-state index in [1.807, 2.05) is 0 Å². The van der Waals surface area contributed by atoms with Gasteiger partial charge < -0.3 is 5.32 Å². The van der Waals surface area contributed by atoms with E-state index in [1.54, 1.807) is 0 Å². The number of hydrogen-bond donors (Lipinski definition) is 1. The predicted molar refractivity (Wildman–Crippen MR) is 80.2 cm³/mol. The molecular weight excluding hydrogens is 254 g/mol. The molecule has 0 aromatic carbocycles. The summed E-state index contributed by atoms with van der Waals surface area (Å²) in [5.74, 6) is -0.258. The first-order chi connectivity index (χ1) is 9.53. The van der Waals surface area contributed by atoms with Gasteiger partial charge in [-0.15, -0.1) is 0 Å². The Hall–Kier alpha value is -1.97. The molecule has 0 saturated heterocycles. The van der Waals surface area contributed by atoms with Gasteiger partial charge in [0, 0.05) is 18.9 Å². The van der Waals surface area contributed by atoms with Crippen LogP contribution in [0.4, 0.5) is 0 Å². The maximum atomic E-state index is 11.3. The monoisotopic (exact) mass is 277 g/mol. The lowest BCUT2D eigenvalue weighted by molar-refractivity contribution is -0.118. The van der Waals surface area contributed by atoms with Crippen molar-refractivity contribution in [1.29, 1.82) is 0 Å². The SMILES string of the molecule is C=CC(=O)CCCCC(CCC(=O)C=C)NC(=O)C=C. The first-order valence-electron chi connectivity index (χ1n) is 6.77. The second-order valence-corrected chi connectivity index (χ2v) is 4.53. The van der Waals surface area contributed by atoms with Crippen molar-refractivity contribution in [1.82, 2.24) is 5.32 Å². The molecule has 0 aromatic heterocycles. The van der Waals surface area contributed by atoms with Crippen molar-refractivity contribution in [3.63, 3.8) is 0 Å². The van der Waals surface area contributed by atoms with Crippen molar-refractivity contribution in [3.8, 4) is 0 Å². The minimum Gasteiger partial charge on any atom is -0.350 e. The van der Waals surface area contributed by atoms with Gasteiger partial charge in [0.15, 0.2) is 11.6 Å². The van der Waals surface area contributed by atoms with Crippen molar-refractivity contribution in [2.75, 3.05) is 0 Å². The van der Waals surface area contributed by atoms with Gasteiger partial charge in [0.1, 0.15) is 0 Å². The Labute approximate surface area is 120 Å². The summed E-state index contributed by atoms with van der Waals surface area (Å²) in [5, 5.41) is 2.80. The summed E-state index contributed by atoms with van der Waals surface area (Å²) in [7, 11) is 0. The smallest absolute Gasteiger partial charge is 0.243 e. The van der Waals surface area contributed by atoms with E-state index in [-0.39, 0.29) is 23.5 Å². The maximum absolute atomic E-state index is 11.3. The average molecular weight is 277 g/mol. The van der Waals surface area contributed by atoms with Crippen molar-refractivity contribution < 1.29 is 14.4 Å². The molecule has 110 valence electrons. The van der Waals surface area contributed by atoms with Crippen LogP contribution in [0.3, 0.4) is 0 Å². The Balaban J connectivity index is 4.16. The summed E-state index contributed by atoms with van der Waals surface area (Å²) < 4.78 is 0. The molecule has 1 unspecified atom stereocenters. The zero-order chi connectivity index (χ0) is 15.4. The van der Waals surface area contributed by atoms with Crippen LogP contribution in [0.1, 0.15) is 38.5 Å². The summed E-state index contributed by atoms with van der Waals surface area (Å²) in [6, 6.07) is -0.0803. The maximum Gasteiger partial charge on any atom is 0.243 e. The molecule has 0 heterocycles. The van der Waals surface area contributed by atoms with Crippen LogP contribution in [0.2, 0.25) is 0 Å². The minimum absolute atomic E-state index is 0.0264. The van der Waals surface area contributed by atoms with E-state index in [2.05, 4.69) is 25.1 Å². The Morgan fingerprint density at radius 3 is 2.00 bits per heavy atom. The highest BCUT2D eigenvalue weighted by atomic mass is 16.1. The van der Waals surface area contributed by atoms with Crippen LogP contribution in [0.25, 0.3) is 0 Å². The molecule has 1 atom stereocenters. The number of rotatable bonds is 12. The van der Waals surface area contributed by atoms with Crippen molar-refractivity contribution >= 4 is 17.5 Å². The standard InChI is InChI=1S/C16H23NO3/c1-4-14(18)10-8-7-9-13(17-16(20)6-3)11-12-15(19)5-2/h4-6,13H,1-3,7-12H2,(H,17,20). The zero-order valence-electron chi connectivity index (χ0n) is 11.9. The van der Waals surface area contributed by atoms with Crippen LogP contribution in [0.5, 0.6) is 0 Å². The fourth-order valence-corrected chi connectivity index (χ4v) is 1.76. The summed E-state index contributed by atoms with van der Waals surface area (Å²) in [4.78, 5) is 33.6. The van der Waals surface area contributed by atoms with Crippen molar-refractivity contribution in [2.45, 2.75) is 44.6 Å². The third-order valence-corrected chi connectivity index (χ3v) is 2.95. The van der Waals surface area contributed by atoms with Gasteiger partial charge in [-0.3, -0.25) is 14.4 Å². The highest BCUT2D eigenvalue weighted by Gasteiger charge is 2.12. The Bertz CT molecular complexity index is 385.